The van der Waals surface area contributed by atoms with Crippen LogP contribution in [0.25, 0.3) is 0 Å². The Bertz CT molecular complexity index is 937. The van der Waals surface area contributed by atoms with Gasteiger partial charge in [0.2, 0.25) is 5.91 Å². The standard InChI is InChI=1S/C23H27BrCl2N2O3/c1-5-16-6-9-21(19(24)10-16)31-13-22(29)28(15(4)23(30)27-14(2)3)12-17-7-8-18(25)11-20(17)26/h6-11,14-15H,5,12-13H2,1-4H3,(H,27,30)/t15-/m0/s1. The number of aryl methyl sites for hydroxylation is 1. The van der Waals surface area contributed by atoms with Crippen molar-refractivity contribution in [2.24, 2.45) is 0 Å². The van der Waals surface area contributed by atoms with Crippen LogP contribution in [-0.2, 0) is 22.6 Å². The molecule has 0 aliphatic carbocycles. The van der Waals surface area contributed by atoms with E-state index in [1.54, 1.807) is 25.1 Å². The third-order valence-corrected chi connectivity index (χ3v) is 5.92. The molecule has 0 heterocycles. The molecule has 1 N–H and O–H groups in total. The number of amides is 2. The lowest BCUT2D eigenvalue weighted by molar-refractivity contribution is -0.142. The SMILES string of the molecule is CCc1ccc(OCC(=O)N(Cc2ccc(Cl)cc2Cl)[C@@H](C)C(=O)NC(C)C)c(Br)c1. The van der Waals surface area contributed by atoms with Gasteiger partial charge >= 0.3 is 0 Å². The van der Waals surface area contributed by atoms with E-state index in [9.17, 15) is 9.59 Å². The van der Waals surface area contributed by atoms with Crippen molar-refractivity contribution >= 4 is 50.9 Å². The Labute approximate surface area is 202 Å². The molecule has 0 aliphatic heterocycles. The zero-order valence-corrected chi connectivity index (χ0v) is 21.1. The predicted octanol–water partition coefficient (Wildman–Crippen LogP) is 5.64. The molecule has 0 aromatic heterocycles. The minimum absolute atomic E-state index is 0.0460. The summed E-state index contributed by atoms with van der Waals surface area (Å²) in [5, 5.41) is 3.78. The molecule has 31 heavy (non-hydrogen) atoms. The average Bonchev–Trinajstić information content (AvgIpc) is 2.71. The third-order valence-electron chi connectivity index (χ3n) is 4.71. The largest absolute Gasteiger partial charge is 0.483 e. The third kappa shape index (κ3) is 7.41. The number of benzene rings is 2. The maximum Gasteiger partial charge on any atom is 0.261 e. The summed E-state index contributed by atoms with van der Waals surface area (Å²) in [6, 6.07) is 10.0. The van der Waals surface area contributed by atoms with E-state index in [0.717, 1.165) is 16.5 Å². The van der Waals surface area contributed by atoms with Gasteiger partial charge in [-0.25, -0.2) is 0 Å². The molecular formula is C23H27BrCl2N2O3. The fourth-order valence-electron chi connectivity index (χ4n) is 2.92. The lowest BCUT2D eigenvalue weighted by atomic mass is 10.1. The van der Waals surface area contributed by atoms with Crippen molar-refractivity contribution < 1.29 is 14.3 Å². The molecule has 0 saturated heterocycles. The van der Waals surface area contributed by atoms with Crippen LogP contribution in [0, 0.1) is 0 Å². The second-order valence-corrected chi connectivity index (χ2v) is 9.20. The van der Waals surface area contributed by atoms with Gasteiger partial charge in [-0.2, -0.15) is 0 Å². The Morgan fingerprint density at radius 2 is 1.84 bits per heavy atom. The van der Waals surface area contributed by atoms with Gasteiger partial charge in [-0.3, -0.25) is 9.59 Å². The molecule has 5 nitrogen and oxygen atoms in total. The lowest BCUT2D eigenvalue weighted by Crippen LogP contribution is -2.50. The van der Waals surface area contributed by atoms with Crippen LogP contribution < -0.4 is 10.1 Å². The van der Waals surface area contributed by atoms with Gasteiger partial charge in [0.15, 0.2) is 6.61 Å². The Morgan fingerprint density at radius 1 is 1.13 bits per heavy atom. The van der Waals surface area contributed by atoms with E-state index in [-0.39, 0.29) is 31.0 Å². The van der Waals surface area contributed by atoms with Crippen LogP contribution in [0.15, 0.2) is 40.9 Å². The van der Waals surface area contributed by atoms with E-state index in [1.807, 2.05) is 32.0 Å². The number of hydrogen-bond acceptors (Lipinski definition) is 3. The van der Waals surface area contributed by atoms with Crippen LogP contribution in [0.4, 0.5) is 0 Å². The first-order valence-electron chi connectivity index (χ1n) is 10.1. The summed E-state index contributed by atoms with van der Waals surface area (Å²) in [6.07, 6.45) is 0.899. The summed E-state index contributed by atoms with van der Waals surface area (Å²) >= 11 is 15.8. The Morgan fingerprint density at radius 3 is 2.42 bits per heavy atom. The highest BCUT2D eigenvalue weighted by molar-refractivity contribution is 9.10. The Balaban J connectivity index is 2.21. The summed E-state index contributed by atoms with van der Waals surface area (Å²) in [4.78, 5) is 27.2. The van der Waals surface area contributed by atoms with E-state index >= 15 is 0 Å². The number of carbonyl (C=O) groups is 2. The van der Waals surface area contributed by atoms with Crippen LogP contribution in [0.2, 0.25) is 10.0 Å². The molecule has 0 bridgehead atoms. The molecule has 2 amide bonds. The summed E-state index contributed by atoms with van der Waals surface area (Å²) in [6.45, 7) is 7.43. The highest BCUT2D eigenvalue weighted by Crippen LogP contribution is 2.27. The molecule has 0 spiro atoms. The number of nitrogens with zero attached hydrogens (tertiary/aromatic N) is 1. The Hall–Kier alpha value is -1.76. The molecule has 168 valence electrons. The summed E-state index contributed by atoms with van der Waals surface area (Å²) in [7, 11) is 0. The van der Waals surface area contributed by atoms with E-state index in [2.05, 4.69) is 28.2 Å². The number of halogens is 3. The molecule has 2 aromatic rings. The van der Waals surface area contributed by atoms with Crippen molar-refractivity contribution in [1.29, 1.82) is 0 Å². The molecule has 1 atom stereocenters. The molecule has 2 rings (SSSR count). The lowest BCUT2D eigenvalue weighted by Gasteiger charge is -2.29. The van der Waals surface area contributed by atoms with Crippen molar-refractivity contribution in [1.82, 2.24) is 10.2 Å². The highest BCUT2D eigenvalue weighted by atomic mass is 79.9. The van der Waals surface area contributed by atoms with Crippen LogP contribution in [0.5, 0.6) is 5.75 Å². The molecule has 2 aromatic carbocycles. The second kappa shape index (κ2) is 11.7. The van der Waals surface area contributed by atoms with Gasteiger partial charge in [0.1, 0.15) is 11.8 Å². The van der Waals surface area contributed by atoms with E-state index in [4.69, 9.17) is 27.9 Å². The molecule has 0 saturated carbocycles. The van der Waals surface area contributed by atoms with Crippen molar-refractivity contribution in [2.45, 2.75) is 52.7 Å². The molecule has 0 fully saturated rings. The van der Waals surface area contributed by atoms with Crippen LogP contribution >= 0.6 is 39.1 Å². The number of ether oxygens (including phenoxy) is 1. The van der Waals surface area contributed by atoms with Gasteiger partial charge in [0.05, 0.1) is 4.47 Å². The first-order valence-corrected chi connectivity index (χ1v) is 11.6. The predicted molar refractivity (Wildman–Crippen MR) is 129 cm³/mol. The number of carbonyl (C=O) groups excluding carboxylic acids is 2. The zero-order chi connectivity index (χ0) is 23.1. The van der Waals surface area contributed by atoms with Gasteiger partial charge in [-0.05, 0) is 78.5 Å². The molecule has 0 unspecified atom stereocenters. The van der Waals surface area contributed by atoms with Crippen LogP contribution in [0.1, 0.15) is 38.8 Å². The van der Waals surface area contributed by atoms with Crippen LogP contribution in [-0.4, -0.2) is 35.4 Å². The topological polar surface area (TPSA) is 58.6 Å². The zero-order valence-electron chi connectivity index (χ0n) is 18.0. The minimum Gasteiger partial charge on any atom is -0.483 e. The molecule has 8 heteroatoms. The van der Waals surface area contributed by atoms with E-state index < -0.39 is 6.04 Å². The summed E-state index contributed by atoms with van der Waals surface area (Å²) in [5.74, 6) is -0.0138. The van der Waals surface area contributed by atoms with Gasteiger partial charge in [-0.1, -0.05) is 42.3 Å². The monoisotopic (exact) mass is 528 g/mol. The molecular weight excluding hydrogens is 503 g/mol. The van der Waals surface area contributed by atoms with E-state index in [1.165, 1.54) is 4.90 Å². The molecule has 0 aliphatic rings. The van der Waals surface area contributed by atoms with Crippen molar-refractivity contribution in [3.05, 3.63) is 62.0 Å². The average molecular weight is 530 g/mol. The Kier molecular flexibility index (Phi) is 9.66. The van der Waals surface area contributed by atoms with Gasteiger partial charge in [0, 0.05) is 22.6 Å². The number of hydrogen-bond donors (Lipinski definition) is 1. The van der Waals surface area contributed by atoms with Gasteiger partial charge in [-0.15, -0.1) is 0 Å². The van der Waals surface area contributed by atoms with E-state index in [0.29, 0.717) is 21.4 Å². The fraction of sp³-hybridized carbons (Fsp3) is 0.391. The first kappa shape index (κ1) is 25.5. The maximum atomic E-state index is 13.1. The van der Waals surface area contributed by atoms with Crippen molar-refractivity contribution in [2.75, 3.05) is 6.61 Å². The normalized spacial score (nSPS) is 11.9. The minimum atomic E-state index is -0.712. The van der Waals surface area contributed by atoms with Crippen molar-refractivity contribution in [3.8, 4) is 5.75 Å². The van der Waals surface area contributed by atoms with Gasteiger partial charge in [0.25, 0.3) is 5.91 Å². The molecule has 0 radical (unpaired) electrons. The first-order chi connectivity index (χ1) is 14.6. The number of rotatable bonds is 9. The maximum absolute atomic E-state index is 13.1. The summed E-state index contributed by atoms with van der Waals surface area (Å²) in [5.41, 5.74) is 1.85. The smallest absolute Gasteiger partial charge is 0.261 e. The quantitative estimate of drug-likeness (QED) is 0.457. The highest BCUT2D eigenvalue weighted by Gasteiger charge is 2.27. The van der Waals surface area contributed by atoms with Crippen LogP contribution in [0.3, 0.4) is 0 Å². The number of nitrogens with one attached hydrogen (secondary N) is 1. The van der Waals surface area contributed by atoms with Crippen molar-refractivity contribution in [3.63, 3.8) is 0 Å². The van der Waals surface area contributed by atoms with Gasteiger partial charge < -0.3 is 15.0 Å². The second-order valence-electron chi connectivity index (χ2n) is 7.50. The summed E-state index contributed by atoms with van der Waals surface area (Å²) < 4.78 is 6.53. The fourth-order valence-corrected chi connectivity index (χ4v) is 3.93.